The summed E-state index contributed by atoms with van der Waals surface area (Å²) < 4.78 is 6.98. The van der Waals surface area contributed by atoms with Crippen LogP contribution in [0.5, 0.6) is 0 Å². The monoisotopic (exact) mass is 373 g/mol. The van der Waals surface area contributed by atoms with Crippen LogP contribution in [0.4, 0.5) is 5.69 Å². The Hall–Kier alpha value is -2.90. The van der Waals surface area contributed by atoms with E-state index in [2.05, 4.69) is 0 Å². The minimum atomic E-state index is -0.579. The predicted molar refractivity (Wildman–Crippen MR) is 98.4 cm³/mol. The third-order valence-electron chi connectivity index (χ3n) is 4.92. The Kier molecular flexibility index (Phi) is 5.73. The number of carbonyl (C=O) groups excluding carboxylic acids is 1. The lowest BCUT2D eigenvalue weighted by atomic mass is 10.1. The van der Waals surface area contributed by atoms with Crippen LogP contribution in [0, 0.1) is 10.1 Å². The molecule has 0 radical (unpaired) electrons. The van der Waals surface area contributed by atoms with Gasteiger partial charge in [0.05, 0.1) is 17.2 Å². The highest BCUT2D eigenvalue weighted by Gasteiger charge is 2.29. The molecule has 144 valence electrons. The molecular weight excluding hydrogens is 350 g/mol. The fourth-order valence-corrected chi connectivity index (χ4v) is 3.45. The quantitative estimate of drug-likeness (QED) is 0.592. The molecule has 1 fully saturated rings. The molecule has 3 rings (SSSR count). The molecule has 1 amide bonds. The zero-order valence-electron chi connectivity index (χ0n) is 15.3. The van der Waals surface area contributed by atoms with E-state index in [1.165, 1.54) is 0 Å². The smallest absolute Gasteiger partial charge is 0.285 e. The van der Waals surface area contributed by atoms with Crippen molar-refractivity contribution in [2.24, 2.45) is 0 Å². The summed E-state index contributed by atoms with van der Waals surface area (Å²) in [5.74, 6) is 1.39. The van der Waals surface area contributed by atoms with Crippen LogP contribution in [0.15, 0.2) is 39.7 Å². The molecule has 2 aromatic heterocycles. The van der Waals surface area contributed by atoms with Crippen molar-refractivity contribution in [3.8, 4) is 0 Å². The number of furan rings is 1. The van der Waals surface area contributed by atoms with Gasteiger partial charge in [-0.1, -0.05) is 19.8 Å². The molecule has 1 atom stereocenters. The molecule has 1 aliphatic rings. The summed E-state index contributed by atoms with van der Waals surface area (Å²) >= 11 is 0. The van der Waals surface area contributed by atoms with Gasteiger partial charge in [-0.15, -0.1) is 0 Å². The van der Waals surface area contributed by atoms with Crippen LogP contribution >= 0.6 is 0 Å². The summed E-state index contributed by atoms with van der Waals surface area (Å²) in [7, 11) is 0. The van der Waals surface area contributed by atoms with E-state index in [1.807, 2.05) is 19.1 Å². The second-order valence-electron chi connectivity index (χ2n) is 6.72. The van der Waals surface area contributed by atoms with Gasteiger partial charge in [-0.2, -0.15) is 0 Å². The summed E-state index contributed by atoms with van der Waals surface area (Å²) in [6, 6.07) is 5.93. The molecule has 0 saturated carbocycles. The van der Waals surface area contributed by atoms with E-state index in [0.717, 1.165) is 66.5 Å². The lowest BCUT2D eigenvalue weighted by Crippen LogP contribution is -2.38. The number of amides is 1. The summed E-state index contributed by atoms with van der Waals surface area (Å²) in [4.78, 5) is 37.1. The number of aromatic nitrogens is 1. The van der Waals surface area contributed by atoms with E-state index in [0.29, 0.717) is 6.54 Å². The lowest BCUT2D eigenvalue weighted by Gasteiger charge is -2.29. The molecule has 2 aromatic rings. The van der Waals surface area contributed by atoms with E-state index >= 15 is 0 Å². The average Bonchev–Trinajstić information content (AvgIpc) is 2.99. The van der Waals surface area contributed by atoms with E-state index in [1.54, 1.807) is 4.90 Å². The first-order valence-electron chi connectivity index (χ1n) is 9.22. The van der Waals surface area contributed by atoms with Crippen molar-refractivity contribution in [2.45, 2.75) is 51.6 Å². The van der Waals surface area contributed by atoms with Crippen LogP contribution in [0.1, 0.15) is 50.2 Å². The molecule has 0 aromatic carbocycles. The van der Waals surface area contributed by atoms with Crippen molar-refractivity contribution in [1.29, 1.82) is 0 Å². The van der Waals surface area contributed by atoms with Crippen LogP contribution in [0.2, 0.25) is 0 Å². The Morgan fingerprint density at radius 2 is 2.07 bits per heavy atom. The van der Waals surface area contributed by atoms with Crippen LogP contribution in [-0.4, -0.2) is 26.8 Å². The largest absolute Gasteiger partial charge is 0.464 e. The fraction of sp³-hybridized carbons (Fsp3) is 0.474. The number of pyridine rings is 1. The SMILES string of the molecule is CCc1ccc(C2CCCCCN2C(=O)Cn2cc([N+](=O)[O-])ccc2=O)o1. The highest BCUT2D eigenvalue weighted by Crippen LogP contribution is 2.31. The maximum atomic E-state index is 13.0. The predicted octanol–water partition coefficient (Wildman–Crippen LogP) is 3.06. The molecule has 1 aliphatic heterocycles. The third-order valence-corrected chi connectivity index (χ3v) is 4.92. The maximum Gasteiger partial charge on any atom is 0.285 e. The van der Waals surface area contributed by atoms with Crippen LogP contribution in [0.25, 0.3) is 0 Å². The highest BCUT2D eigenvalue weighted by atomic mass is 16.6. The van der Waals surface area contributed by atoms with E-state index in [9.17, 15) is 19.7 Å². The Morgan fingerprint density at radius 1 is 1.26 bits per heavy atom. The van der Waals surface area contributed by atoms with Gasteiger partial charge >= 0.3 is 0 Å². The van der Waals surface area contributed by atoms with E-state index in [-0.39, 0.29) is 24.2 Å². The molecule has 0 bridgehead atoms. The number of likely N-dealkylation sites (tertiary alicyclic amines) is 1. The molecule has 8 nitrogen and oxygen atoms in total. The molecule has 0 N–H and O–H groups in total. The van der Waals surface area contributed by atoms with E-state index < -0.39 is 10.5 Å². The van der Waals surface area contributed by atoms with Gasteiger partial charge in [-0.3, -0.25) is 24.3 Å². The molecule has 1 unspecified atom stereocenters. The van der Waals surface area contributed by atoms with Gasteiger partial charge in [0.1, 0.15) is 18.1 Å². The second-order valence-corrected chi connectivity index (χ2v) is 6.72. The molecule has 8 heteroatoms. The zero-order valence-corrected chi connectivity index (χ0v) is 15.3. The fourth-order valence-electron chi connectivity index (χ4n) is 3.45. The first-order valence-corrected chi connectivity index (χ1v) is 9.22. The topological polar surface area (TPSA) is 98.6 Å². The van der Waals surface area contributed by atoms with Gasteiger partial charge in [-0.05, 0) is 25.0 Å². The first kappa shape index (κ1) is 18.9. The van der Waals surface area contributed by atoms with Crippen molar-refractivity contribution in [1.82, 2.24) is 9.47 Å². The normalized spacial score (nSPS) is 17.5. The number of rotatable bonds is 5. The van der Waals surface area contributed by atoms with Gasteiger partial charge in [0, 0.05) is 25.1 Å². The molecule has 27 heavy (non-hydrogen) atoms. The number of aryl methyl sites for hydroxylation is 1. The molecule has 0 aliphatic carbocycles. The average molecular weight is 373 g/mol. The van der Waals surface area contributed by atoms with Gasteiger partial charge in [0.15, 0.2) is 0 Å². The summed E-state index contributed by atoms with van der Waals surface area (Å²) in [5, 5.41) is 10.9. The number of hydrogen-bond donors (Lipinski definition) is 0. The van der Waals surface area contributed by atoms with Crippen molar-refractivity contribution < 1.29 is 14.1 Å². The number of nitrogens with zero attached hydrogens (tertiary/aromatic N) is 3. The molecule has 0 spiro atoms. The van der Waals surface area contributed by atoms with Crippen LogP contribution in [-0.2, 0) is 17.8 Å². The number of carbonyl (C=O) groups is 1. The van der Waals surface area contributed by atoms with E-state index in [4.69, 9.17) is 4.42 Å². The van der Waals surface area contributed by atoms with Gasteiger partial charge in [0.25, 0.3) is 11.2 Å². The Balaban J connectivity index is 1.85. The summed E-state index contributed by atoms with van der Waals surface area (Å²) in [6.45, 7) is 2.36. The second kappa shape index (κ2) is 8.20. The minimum Gasteiger partial charge on any atom is -0.464 e. The highest BCUT2D eigenvalue weighted by molar-refractivity contribution is 5.76. The van der Waals surface area contributed by atoms with Crippen molar-refractivity contribution in [3.63, 3.8) is 0 Å². The summed E-state index contributed by atoms with van der Waals surface area (Å²) in [5.41, 5.74) is -0.653. The van der Waals surface area contributed by atoms with Gasteiger partial charge < -0.3 is 9.32 Å². The minimum absolute atomic E-state index is 0.172. The van der Waals surface area contributed by atoms with Crippen LogP contribution in [0.3, 0.4) is 0 Å². The van der Waals surface area contributed by atoms with Crippen molar-refractivity contribution in [3.05, 3.63) is 62.5 Å². The molecule has 1 saturated heterocycles. The standard InChI is InChI=1S/C19H23N3O5/c1-2-15-8-9-17(27-15)16-6-4-3-5-11-21(16)19(24)13-20-12-14(22(25)26)7-10-18(20)23/h7-10,12,16H,2-6,11,13H2,1H3. The Labute approximate surface area is 156 Å². The lowest BCUT2D eigenvalue weighted by molar-refractivity contribution is -0.385. The third kappa shape index (κ3) is 4.27. The Morgan fingerprint density at radius 3 is 2.78 bits per heavy atom. The first-order chi connectivity index (χ1) is 13.0. The molecular formula is C19H23N3O5. The maximum absolute atomic E-state index is 13.0. The zero-order chi connectivity index (χ0) is 19.4. The Bertz CT molecular complexity index is 885. The van der Waals surface area contributed by atoms with Crippen molar-refractivity contribution in [2.75, 3.05) is 6.54 Å². The number of hydrogen-bond acceptors (Lipinski definition) is 5. The van der Waals surface area contributed by atoms with Crippen LogP contribution < -0.4 is 5.56 Å². The van der Waals surface area contributed by atoms with Gasteiger partial charge in [0.2, 0.25) is 5.91 Å². The molecule has 3 heterocycles. The van der Waals surface area contributed by atoms with Crippen molar-refractivity contribution >= 4 is 11.6 Å². The number of nitro groups is 1. The van der Waals surface area contributed by atoms with Gasteiger partial charge in [-0.25, -0.2) is 0 Å². The summed E-state index contributed by atoms with van der Waals surface area (Å²) in [6.07, 6.45) is 5.60.